The van der Waals surface area contributed by atoms with E-state index < -0.39 is 0 Å². The van der Waals surface area contributed by atoms with Gasteiger partial charge in [0.2, 0.25) is 0 Å². The molecule has 19 heavy (non-hydrogen) atoms. The van der Waals surface area contributed by atoms with Crippen molar-refractivity contribution in [3.05, 3.63) is 70.3 Å². The number of nitrogens with two attached hydrogens (primary N) is 1. The van der Waals surface area contributed by atoms with E-state index in [0.29, 0.717) is 6.54 Å². The summed E-state index contributed by atoms with van der Waals surface area (Å²) >= 11 is 0. The van der Waals surface area contributed by atoms with Gasteiger partial charge in [-0.25, -0.2) is 0 Å². The van der Waals surface area contributed by atoms with Crippen LogP contribution in [0, 0.1) is 25.7 Å². The van der Waals surface area contributed by atoms with Crippen molar-refractivity contribution in [3.63, 3.8) is 0 Å². The van der Waals surface area contributed by atoms with Gasteiger partial charge < -0.3 is 5.73 Å². The zero-order valence-corrected chi connectivity index (χ0v) is 11.5. The van der Waals surface area contributed by atoms with Crippen LogP contribution in [-0.4, -0.2) is 6.54 Å². The highest BCUT2D eigenvalue weighted by Gasteiger charge is 2.05. The standard InChI is InChI=1S/C18H19N/c1-14-8-10-17(12-13-19)18(15(14)2)11-9-16-6-4-3-5-7-16/h3-8,10H,12-13,19H2,1-2H3. The van der Waals surface area contributed by atoms with Gasteiger partial charge in [0.25, 0.3) is 0 Å². The fourth-order valence-electron chi connectivity index (χ4n) is 2.07. The zero-order valence-electron chi connectivity index (χ0n) is 11.5. The van der Waals surface area contributed by atoms with Gasteiger partial charge in [-0.2, -0.15) is 0 Å². The van der Waals surface area contributed by atoms with Crippen LogP contribution >= 0.6 is 0 Å². The topological polar surface area (TPSA) is 26.0 Å². The lowest BCUT2D eigenvalue weighted by atomic mass is 9.96. The second-order valence-electron chi connectivity index (χ2n) is 4.70. The first-order valence-corrected chi connectivity index (χ1v) is 6.58. The van der Waals surface area contributed by atoms with Gasteiger partial charge in [0.1, 0.15) is 0 Å². The van der Waals surface area contributed by atoms with Gasteiger partial charge in [-0.3, -0.25) is 0 Å². The molecule has 0 aliphatic carbocycles. The Balaban J connectivity index is 2.44. The molecule has 96 valence electrons. The Bertz CT molecular complexity index is 615. The number of hydrogen-bond donors (Lipinski definition) is 1. The van der Waals surface area contributed by atoms with E-state index in [1.165, 1.54) is 16.7 Å². The maximum Gasteiger partial charge on any atom is 0.0313 e. The van der Waals surface area contributed by atoms with Crippen LogP contribution in [0.2, 0.25) is 0 Å². The molecule has 0 unspecified atom stereocenters. The first kappa shape index (κ1) is 13.4. The SMILES string of the molecule is Cc1ccc(CCN)c(C#Cc2ccccc2)c1C. The Morgan fingerprint density at radius 1 is 0.947 bits per heavy atom. The fourth-order valence-corrected chi connectivity index (χ4v) is 2.07. The van der Waals surface area contributed by atoms with Crippen LogP contribution in [0.25, 0.3) is 0 Å². The normalized spacial score (nSPS) is 9.84. The van der Waals surface area contributed by atoms with Crippen molar-refractivity contribution >= 4 is 0 Å². The lowest BCUT2D eigenvalue weighted by molar-refractivity contribution is 0.961. The molecule has 0 atom stereocenters. The lowest BCUT2D eigenvalue weighted by Gasteiger charge is -2.09. The molecule has 0 radical (unpaired) electrons. The predicted molar refractivity (Wildman–Crippen MR) is 81.1 cm³/mol. The molecule has 2 rings (SSSR count). The molecule has 0 bridgehead atoms. The van der Waals surface area contributed by atoms with E-state index in [9.17, 15) is 0 Å². The molecule has 0 aliphatic rings. The Morgan fingerprint density at radius 2 is 1.68 bits per heavy atom. The minimum Gasteiger partial charge on any atom is -0.330 e. The first-order chi connectivity index (χ1) is 9.22. The van der Waals surface area contributed by atoms with Crippen molar-refractivity contribution in [3.8, 4) is 11.8 Å². The van der Waals surface area contributed by atoms with Crippen LogP contribution in [0.5, 0.6) is 0 Å². The second kappa shape index (κ2) is 6.22. The van der Waals surface area contributed by atoms with Gasteiger partial charge in [0, 0.05) is 11.1 Å². The van der Waals surface area contributed by atoms with Crippen LogP contribution in [-0.2, 0) is 6.42 Å². The van der Waals surface area contributed by atoms with Gasteiger partial charge >= 0.3 is 0 Å². The van der Waals surface area contributed by atoms with Crippen LogP contribution in [0.4, 0.5) is 0 Å². The summed E-state index contributed by atoms with van der Waals surface area (Å²) in [5, 5.41) is 0. The molecule has 0 aliphatic heterocycles. The number of aryl methyl sites for hydroxylation is 1. The van der Waals surface area contributed by atoms with Crippen LogP contribution in [0.15, 0.2) is 42.5 Å². The number of rotatable bonds is 2. The highest BCUT2D eigenvalue weighted by atomic mass is 14.5. The van der Waals surface area contributed by atoms with Gasteiger partial charge in [0.05, 0.1) is 0 Å². The quantitative estimate of drug-likeness (QED) is 0.813. The van der Waals surface area contributed by atoms with Crippen molar-refractivity contribution in [2.24, 2.45) is 5.73 Å². The van der Waals surface area contributed by atoms with Crippen molar-refractivity contribution in [1.82, 2.24) is 0 Å². The third-order valence-corrected chi connectivity index (χ3v) is 3.34. The maximum atomic E-state index is 5.68. The molecule has 1 nitrogen and oxygen atoms in total. The molecule has 0 saturated heterocycles. The molecule has 0 saturated carbocycles. The molecule has 1 heteroatoms. The average molecular weight is 249 g/mol. The number of benzene rings is 2. The Labute approximate surface area is 115 Å². The minimum atomic E-state index is 0.655. The summed E-state index contributed by atoms with van der Waals surface area (Å²) in [6, 6.07) is 14.4. The Hall–Kier alpha value is -2.04. The van der Waals surface area contributed by atoms with Crippen molar-refractivity contribution < 1.29 is 0 Å². The molecule has 2 N–H and O–H groups in total. The van der Waals surface area contributed by atoms with E-state index in [1.54, 1.807) is 0 Å². The molecule has 0 fully saturated rings. The maximum absolute atomic E-state index is 5.68. The van der Waals surface area contributed by atoms with Crippen molar-refractivity contribution in [1.29, 1.82) is 0 Å². The Morgan fingerprint density at radius 3 is 2.37 bits per heavy atom. The smallest absolute Gasteiger partial charge is 0.0313 e. The summed E-state index contributed by atoms with van der Waals surface area (Å²) in [6.45, 7) is 4.90. The third-order valence-electron chi connectivity index (χ3n) is 3.34. The number of hydrogen-bond acceptors (Lipinski definition) is 1. The summed E-state index contributed by atoms with van der Waals surface area (Å²) in [5.41, 5.74) is 11.6. The van der Waals surface area contributed by atoms with E-state index in [2.05, 4.69) is 37.8 Å². The van der Waals surface area contributed by atoms with Gasteiger partial charge in [-0.1, -0.05) is 42.2 Å². The minimum absolute atomic E-state index is 0.655. The molecule has 0 spiro atoms. The van der Waals surface area contributed by atoms with Crippen LogP contribution < -0.4 is 5.73 Å². The molecule has 0 amide bonds. The first-order valence-electron chi connectivity index (χ1n) is 6.58. The van der Waals surface area contributed by atoms with Crippen LogP contribution in [0.1, 0.15) is 27.8 Å². The second-order valence-corrected chi connectivity index (χ2v) is 4.70. The molecule has 2 aromatic carbocycles. The summed E-state index contributed by atoms with van der Waals surface area (Å²) in [5.74, 6) is 6.55. The molecular formula is C18H19N. The summed E-state index contributed by atoms with van der Waals surface area (Å²) in [7, 11) is 0. The van der Waals surface area contributed by atoms with E-state index in [-0.39, 0.29) is 0 Å². The average Bonchev–Trinajstić information content (AvgIpc) is 2.44. The highest BCUT2D eigenvalue weighted by Crippen LogP contribution is 2.17. The molecular weight excluding hydrogens is 230 g/mol. The summed E-state index contributed by atoms with van der Waals surface area (Å²) < 4.78 is 0. The molecule has 0 aromatic heterocycles. The predicted octanol–water partition coefficient (Wildman–Crippen LogP) is 3.20. The highest BCUT2D eigenvalue weighted by molar-refractivity contribution is 5.52. The summed E-state index contributed by atoms with van der Waals surface area (Å²) in [4.78, 5) is 0. The van der Waals surface area contributed by atoms with E-state index in [0.717, 1.165) is 17.5 Å². The zero-order chi connectivity index (χ0) is 13.7. The third kappa shape index (κ3) is 3.24. The van der Waals surface area contributed by atoms with E-state index >= 15 is 0 Å². The van der Waals surface area contributed by atoms with Gasteiger partial charge in [0.15, 0.2) is 0 Å². The van der Waals surface area contributed by atoms with Crippen LogP contribution in [0.3, 0.4) is 0 Å². The summed E-state index contributed by atoms with van der Waals surface area (Å²) in [6.07, 6.45) is 0.875. The van der Waals surface area contributed by atoms with Gasteiger partial charge in [-0.15, -0.1) is 0 Å². The monoisotopic (exact) mass is 249 g/mol. The fraction of sp³-hybridized carbons (Fsp3) is 0.222. The largest absolute Gasteiger partial charge is 0.330 e. The van der Waals surface area contributed by atoms with Crippen molar-refractivity contribution in [2.75, 3.05) is 6.54 Å². The molecule has 2 aromatic rings. The van der Waals surface area contributed by atoms with E-state index in [1.807, 2.05) is 30.3 Å². The van der Waals surface area contributed by atoms with Gasteiger partial charge in [-0.05, 0) is 55.6 Å². The molecule has 0 heterocycles. The lowest BCUT2D eigenvalue weighted by Crippen LogP contribution is -2.05. The van der Waals surface area contributed by atoms with E-state index in [4.69, 9.17) is 5.73 Å². The Kier molecular flexibility index (Phi) is 4.39. The van der Waals surface area contributed by atoms with Crippen molar-refractivity contribution in [2.45, 2.75) is 20.3 Å².